The zero-order valence-corrected chi connectivity index (χ0v) is 36.8. The van der Waals surface area contributed by atoms with Crippen molar-refractivity contribution in [3.05, 3.63) is 254 Å². The zero-order chi connectivity index (χ0) is 44.3. The molecule has 0 radical (unpaired) electrons. The number of rotatable bonds is 8. The van der Waals surface area contributed by atoms with Crippen LogP contribution in [0.25, 0.3) is 93.6 Å². The summed E-state index contributed by atoms with van der Waals surface area (Å²) in [7, 11) is 0. The molecule has 0 unspecified atom stereocenters. The van der Waals surface area contributed by atoms with E-state index in [2.05, 4.69) is 246 Å². The fraction of sp³-hybridized carbons (Fsp3) is 0.0312. The lowest BCUT2D eigenvalue weighted by atomic mass is 9.87. The van der Waals surface area contributed by atoms with Gasteiger partial charge in [-0.3, -0.25) is 0 Å². The highest BCUT2D eigenvalue weighted by Crippen LogP contribution is 2.44. The first-order valence-corrected chi connectivity index (χ1v) is 23.2. The molecule has 67 heavy (non-hydrogen) atoms. The van der Waals surface area contributed by atoms with Crippen LogP contribution in [0.1, 0.15) is 24.0 Å². The molecule has 316 valence electrons. The molecule has 0 N–H and O–H groups in total. The van der Waals surface area contributed by atoms with Crippen molar-refractivity contribution in [2.24, 2.45) is 0 Å². The third-order valence-corrected chi connectivity index (χ3v) is 13.7. The predicted octanol–water partition coefficient (Wildman–Crippen LogP) is 17.9. The van der Waals surface area contributed by atoms with Crippen LogP contribution in [-0.2, 0) is 0 Å². The molecule has 0 bridgehead atoms. The van der Waals surface area contributed by atoms with Gasteiger partial charge in [-0.1, -0.05) is 182 Å². The Labute approximate surface area is 389 Å². The van der Waals surface area contributed by atoms with E-state index in [1.807, 2.05) is 6.07 Å². The number of nitrogens with zero attached hydrogens (tertiary/aromatic N) is 2. The van der Waals surface area contributed by atoms with Crippen LogP contribution >= 0.6 is 0 Å². The maximum absolute atomic E-state index is 6.54. The van der Waals surface area contributed by atoms with Gasteiger partial charge >= 0.3 is 0 Å². The highest BCUT2D eigenvalue weighted by Gasteiger charge is 2.21. The van der Waals surface area contributed by atoms with E-state index >= 15 is 0 Å². The summed E-state index contributed by atoms with van der Waals surface area (Å²) in [6.07, 6.45) is 6.55. The summed E-state index contributed by atoms with van der Waals surface area (Å²) in [6, 6.07) is 83.7. The summed E-state index contributed by atoms with van der Waals surface area (Å²) >= 11 is 0. The van der Waals surface area contributed by atoms with E-state index in [4.69, 9.17) is 4.42 Å². The van der Waals surface area contributed by atoms with Crippen molar-refractivity contribution in [1.29, 1.82) is 0 Å². The third kappa shape index (κ3) is 6.58. The van der Waals surface area contributed by atoms with Gasteiger partial charge in [-0.25, -0.2) is 0 Å². The predicted molar refractivity (Wildman–Crippen MR) is 283 cm³/mol. The first-order valence-electron chi connectivity index (χ1n) is 23.2. The molecular weight excluding hydrogens is 813 g/mol. The van der Waals surface area contributed by atoms with Crippen LogP contribution in [-0.4, -0.2) is 4.57 Å². The Morgan fingerprint density at radius 3 is 1.73 bits per heavy atom. The third-order valence-electron chi connectivity index (χ3n) is 13.7. The van der Waals surface area contributed by atoms with E-state index in [0.717, 1.165) is 68.7 Å². The molecule has 0 aliphatic heterocycles. The summed E-state index contributed by atoms with van der Waals surface area (Å²) in [5.41, 5.74) is 18.4. The summed E-state index contributed by atoms with van der Waals surface area (Å²) in [6.45, 7) is 0. The first kappa shape index (κ1) is 38.8. The van der Waals surface area contributed by atoms with Crippen LogP contribution in [0, 0.1) is 0 Å². The van der Waals surface area contributed by atoms with E-state index in [9.17, 15) is 0 Å². The first-order chi connectivity index (χ1) is 33.2. The van der Waals surface area contributed by atoms with Crippen LogP contribution < -0.4 is 4.90 Å². The zero-order valence-electron chi connectivity index (χ0n) is 36.8. The minimum absolute atomic E-state index is 0.920. The lowest BCUT2D eigenvalue weighted by Crippen LogP contribution is -2.10. The van der Waals surface area contributed by atoms with Gasteiger partial charge in [0.25, 0.3) is 0 Å². The topological polar surface area (TPSA) is 21.3 Å². The monoisotopic (exact) mass is 856 g/mol. The largest absolute Gasteiger partial charge is 0.455 e. The van der Waals surface area contributed by atoms with Crippen LogP contribution in [0.3, 0.4) is 0 Å². The van der Waals surface area contributed by atoms with E-state index in [-0.39, 0.29) is 0 Å². The second-order valence-corrected chi connectivity index (χ2v) is 17.5. The minimum atomic E-state index is 0.920. The second kappa shape index (κ2) is 16.1. The summed E-state index contributed by atoms with van der Waals surface area (Å²) in [4.78, 5) is 2.38. The fourth-order valence-corrected chi connectivity index (χ4v) is 10.6. The summed E-state index contributed by atoms with van der Waals surface area (Å²) in [5, 5.41) is 7.24. The molecule has 1 aliphatic rings. The molecule has 0 amide bonds. The summed E-state index contributed by atoms with van der Waals surface area (Å²) in [5.74, 6) is 0. The molecule has 2 heterocycles. The maximum atomic E-state index is 6.54. The van der Waals surface area contributed by atoms with Gasteiger partial charge in [-0.2, -0.15) is 0 Å². The Morgan fingerprint density at radius 1 is 0.403 bits per heavy atom. The van der Waals surface area contributed by atoms with Crippen LogP contribution in [0.4, 0.5) is 17.1 Å². The highest BCUT2D eigenvalue weighted by atomic mass is 16.3. The van der Waals surface area contributed by atoms with Gasteiger partial charge in [0.2, 0.25) is 0 Å². The van der Waals surface area contributed by atoms with E-state index in [0.29, 0.717) is 0 Å². The number of para-hydroxylation sites is 5. The van der Waals surface area contributed by atoms with Crippen molar-refractivity contribution in [3.63, 3.8) is 0 Å². The lowest BCUT2D eigenvalue weighted by Gasteiger charge is -2.27. The van der Waals surface area contributed by atoms with Gasteiger partial charge in [-0.05, 0) is 118 Å². The molecule has 10 aromatic carbocycles. The van der Waals surface area contributed by atoms with Crippen molar-refractivity contribution in [2.75, 3.05) is 4.90 Å². The second-order valence-electron chi connectivity index (χ2n) is 17.5. The SMILES string of the molecule is C1=CC(c2cccc3c2oc2ccccc23)=C(c2ccc(N(c3ccc(-c4ccccc4-c4ccccc4-n4c5ccccc5c5ccccc54)cc3)c3ccc4ccccc4c3)cc2)CC1. The molecule has 0 saturated carbocycles. The fourth-order valence-electron chi connectivity index (χ4n) is 10.6. The van der Waals surface area contributed by atoms with Gasteiger partial charge < -0.3 is 13.9 Å². The van der Waals surface area contributed by atoms with Gasteiger partial charge in [0, 0.05) is 49.7 Å². The molecule has 1 aliphatic carbocycles. The normalized spacial score (nSPS) is 12.8. The number of hydrogen-bond acceptors (Lipinski definition) is 2. The number of fused-ring (bicyclic) bond motifs is 7. The molecule has 3 nitrogen and oxygen atoms in total. The molecule has 13 rings (SSSR count). The number of aromatic nitrogens is 1. The quantitative estimate of drug-likeness (QED) is 0.152. The van der Waals surface area contributed by atoms with Gasteiger partial charge in [-0.15, -0.1) is 0 Å². The Bertz CT molecular complexity index is 3870. The van der Waals surface area contributed by atoms with Crippen molar-refractivity contribution in [3.8, 4) is 27.9 Å². The van der Waals surface area contributed by atoms with Crippen LogP contribution in [0.5, 0.6) is 0 Å². The molecular formula is C64H44N2O. The van der Waals surface area contributed by atoms with Crippen LogP contribution in [0.2, 0.25) is 0 Å². The van der Waals surface area contributed by atoms with E-state index < -0.39 is 0 Å². The summed E-state index contributed by atoms with van der Waals surface area (Å²) < 4.78 is 8.97. The Kier molecular flexibility index (Phi) is 9.31. The molecule has 0 atom stereocenters. The number of allylic oxidation sites excluding steroid dienone is 4. The number of benzene rings is 10. The van der Waals surface area contributed by atoms with Crippen molar-refractivity contribution >= 4 is 82.7 Å². The maximum Gasteiger partial charge on any atom is 0.143 e. The standard InChI is InChI=1S/C64H44N2O/c1-2-17-46-42-49(41-32-43(46)16-1)65(48-39-35-45(36-40-48)51-19-4-6-21-53(51)58-26-15-27-59-57-25-10-14-31-63(57)67-64(58)59)47-37-33-44(34-38-47)50-18-3-5-20-52(50)54-22-7-11-28-60(54)66-61-29-12-8-23-55(61)56-24-9-13-30-62(56)66/h1-3,5-18,20-42H,4,19H2. The molecule has 3 heteroatoms. The highest BCUT2D eigenvalue weighted by molar-refractivity contribution is 6.12. The Morgan fingerprint density at radius 2 is 0.970 bits per heavy atom. The van der Waals surface area contributed by atoms with Gasteiger partial charge in [0.05, 0.1) is 16.7 Å². The molecule has 2 aromatic heterocycles. The van der Waals surface area contributed by atoms with Crippen molar-refractivity contribution < 1.29 is 4.42 Å². The molecule has 0 spiro atoms. The van der Waals surface area contributed by atoms with E-state index in [1.54, 1.807) is 0 Å². The molecule has 12 aromatic rings. The Hall–Kier alpha value is -8.66. The Balaban J connectivity index is 0.899. The van der Waals surface area contributed by atoms with Gasteiger partial charge in [0.1, 0.15) is 11.2 Å². The average molecular weight is 857 g/mol. The van der Waals surface area contributed by atoms with Crippen molar-refractivity contribution in [2.45, 2.75) is 12.8 Å². The van der Waals surface area contributed by atoms with Gasteiger partial charge in [0.15, 0.2) is 0 Å². The average Bonchev–Trinajstić information content (AvgIpc) is 3.95. The smallest absolute Gasteiger partial charge is 0.143 e. The lowest BCUT2D eigenvalue weighted by molar-refractivity contribution is 0.668. The minimum Gasteiger partial charge on any atom is -0.455 e. The van der Waals surface area contributed by atoms with Crippen LogP contribution in [0.15, 0.2) is 247 Å². The number of furan rings is 1. The molecule has 0 saturated heterocycles. The van der Waals surface area contributed by atoms with E-state index in [1.165, 1.54) is 66.0 Å². The van der Waals surface area contributed by atoms with Crippen molar-refractivity contribution in [1.82, 2.24) is 4.57 Å². The number of hydrogen-bond donors (Lipinski definition) is 0. The molecule has 0 fully saturated rings. The number of anilines is 3.